The van der Waals surface area contributed by atoms with Gasteiger partial charge in [0.05, 0.1) is 0 Å². The van der Waals surface area contributed by atoms with Crippen LogP contribution >= 0.6 is 11.6 Å². The molecule has 0 atom stereocenters. The van der Waals surface area contributed by atoms with Crippen LogP contribution in [0.4, 0.5) is 0 Å². The summed E-state index contributed by atoms with van der Waals surface area (Å²) in [5, 5.41) is 9.65. The Kier molecular flexibility index (Phi) is 2.20. The first kappa shape index (κ1) is 8.15. The highest BCUT2D eigenvalue weighted by molar-refractivity contribution is 6.48. The molecule has 0 aromatic heterocycles. The first-order valence-electron chi connectivity index (χ1n) is 3.25. The maximum Gasteiger partial charge on any atom is 0.118 e. The van der Waals surface area contributed by atoms with E-state index in [4.69, 9.17) is 16.7 Å². The highest BCUT2D eigenvalue weighted by Crippen LogP contribution is 2.22. The van der Waals surface area contributed by atoms with Crippen molar-refractivity contribution in [3.63, 3.8) is 0 Å². The Morgan fingerprint density at radius 3 is 2.64 bits per heavy atom. The number of aryl methyl sites for hydroxylation is 1. The fourth-order valence-electron chi connectivity index (χ4n) is 0.824. The van der Waals surface area contributed by atoms with Crippen LogP contribution in [-0.2, 0) is 0 Å². The van der Waals surface area contributed by atoms with Gasteiger partial charge >= 0.3 is 0 Å². The van der Waals surface area contributed by atoms with Crippen LogP contribution in [0.15, 0.2) is 24.8 Å². The van der Waals surface area contributed by atoms with Crippen molar-refractivity contribution < 1.29 is 5.11 Å². The molecule has 1 N–H and O–H groups in total. The molecule has 1 nitrogen and oxygen atoms in total. The minimum Gasteiger partial charge on any atom is -0.508 e. The second-order valence-corrected chi connectivity index (χ2v) is 2.86. The van der Waals surface area contributed by atoms with Gasteiger partial charge in [-0.25, -0.2) is 0 Å². The smallest absolute Gasteiger partial charge is 0.118 e. The molecule has 0 aliphatic carbocycles. The number of rotatable bonds is 1. The van der Waals surface area contributed by atoms with E-state index in [0.717, 1.165) is 11.1 Å². The maximum atomic E-state index is 9.15. The molecule has 1 aromatic carbocycles. The molecule has 58 valence electrons. The molecule has 0 aliphatic heterocycles. The van der Waals surface area contributed by atoms with Crippen LogP contribution in [-0.4, -0.2) is 5.11 Å². The third-order valence-electron chi connectivity index (χ3n) is 1.51. The summed E-state index contributed by atoms with van der Waals surface area (Å²) in [7, 11) is 0. The molecule has 2 heteroatoms. The number of phenols is 1. The Hall–Kier alpha value is -0.950. The molecule has 1 aromatic rings. The fraction of sp³-hybridized carbons (Fsp3) is 0.111. The van der Waals surface area contributed by atoms with Crippen molar-refractivity contribution in [1.29, 1.82) is 0 Å². The molecule has 0 radical (unpaired) electrons. The van der Waals surface area contributed by atoms with Gasteiger partial charge in [-0.05, 0) is 36.2 Å². The number of halogens is 1. The maximum absolute atomic E-state index is 9.15. The van der Waals surface area contributed by atoms with Crippen LogP contribution in [0.2, 0.25) is 0 Å². The van der Waals surface area contributed by atoms with Crippen LogP contribution in [0.1, 0.15) is 11.1 Å². The van der Waals surface area contributed by atoms with Gasteiger partial charge in [-0.15, -0.1) is 0 Å². The van der Waals surface area contributed by atoms with Crippen molar-refractivity contribution >= 4 is 16.6 Å². The molecule has 0 fully saturated rings. The lowest BCUT2D eigenvalue weighted by Crippen LogP contribution is -1.78. The Labute approximate surface area is 70.9 Å². The molecule has 0 heterocycles. The lowest BCUT2D eigenvalue weighted by atomic mass is 10.1. The number of hydrogen-bond acceptors (Lipinski definition) is 1. The molecule has 0 spiro atoms. The predicted molar refractivity (Wildman–Crippen MR) is 47.7 cm³/mol. The van der Waals surface area contributed by atoms with E-state index in [1.54, 1.807) is 18.2 Å². The largest absolute Gasteiger partial charge is 0.508 e. The summed E-state index contributed by atoms with van der Waals surface area (Å²) in [5.74, 6) is 0.284. The van der Waals surface area contributed by atoms with Gasteiger partial charge in [0, 0.05) is 5.03 Å². The average molecular weight is 169 g/mol. The first-order valence-corrected chi connectivity index (χ1v) is 3.63. The van der Waals surface area contributed by atoms with E-state index in [1.807, 2.05) is 6.92 Å². The summed E-state index contributed by atoms with van der Waals surface area (Å²) >= 11 is 5.65. The molecule has 0 aliphatic rings. The quantitative estimate of drug-likeness (QED) is 0.684. The molecule has 1 rings (SSSR count). The van der Waals surface area contributed by atoms with Gasteiger partial charge in [-0.2, -0.15) is 0 Å². The molecule has 11 heavy (non-hydrogen) atoms. The van der Waals surface area contributed by atoms with Crippen LogP contribution in [0.5, 0.6) is 5.75 Å². The van der Waals surface area contributed by atoms with Crippen LogP contribution in [0, 0.1) is 6.92 Å². The van der Waals surface area contributed by atoms with Crippen LogP contribution in [0.3, 0.4) is 0 Å². The molecular formula is C9H9ClO. The normalized spacial score (nSPS) is 9.64. The number of hydrogen-bond donors (Lipinski definition) is 1. The first-order chi connectivity index (χ1) is 5.11. The van der Waals surface area contributed by atoms with Gasteiger partial charge in [0.15, 0.2) is 0 Å². The minimum absolute atomic E-state index is 0.284. The zero-order valence-corrected chi connectivity index (χ0v) is 7.02. The molecule has 0 amide bonds. The van der Waals surface area contributed by atoms with Crippen molar-refractivity contribution in [3.8, 4) is 5.75 Å². The van der Waals surface area contributed by atoms with Crippen LogP contribution in [0.25, 0.3) is 5.03 Å². The number of aromatic hydroxyl groups is 1. The second-order valence-electron chi connectivity index (χ2n) is 2.41. The molecular weight excluding hydrogens is 160 g/mol. The topological polar surface area (TPSA) is 20.2 Å². The third-order valence-corrected chi connectivity index (χ3v) is 1.73. The van der Waals surface area contributed by atoms with E-state index < -0.39 is 0 Å². The molecule has 0 saturated carbocycles. The molecule has 0 unspecified atom stereocenters. The summed E-state index contributed by atoms with van der Waals surface area (Å²) < 4.78 is 0. The summed E-state index contributed by atoms with van der Waals surface area (Å²) in [6.07, 6.45) is 0. The standard InChI is InChI=1S/C9H9ClO/c1-6-5-8(7(2)10)3-4-9(6)11/h3-5,11H,2H2,1H3. The lowest BCUT2D eigenvalue weighted by molar-refractivity contribution is 0.471. The minimum atomic E-state index is 0.284. The zero-order valence-electron chi connectivity index (χ0n) is 6.26. The van der Waals surface area contributed by atoms with E-state index in [9.17, 15) is 0 Å². The van der Waals surface area contributed by atoms with Crippen molar-refractivity contribution in [2.45, 2.75) is 6.92 Å². The summed E-state index contributed by atoms with van der Waals surface area (Å²) in [5.41, 5.74) is 1.66. The summed E-state index contributed by atoms with van der Waals surface area (Å²) in [4.78, 5) is 0. The van der Waals surface area contributed by atoms with Crippen molar-refractivity contribution in [2.24, 2.45) is 0 Å². The average Bonchev–Trinajstić information content (AvgIpc) is 1.94. The summed E-state index contributed by atoms with van der Waals surface area (Å²) in [6, 6.07) is 5.14. The van der Waals surface area contributed by atoms with Crippen molar-refractivity contribution in [3.05, 3.63) is 35.9 Å². The van der Waals surface area contributed by atoms with E-state index >= 15 is 0 Å². The van der Waals surface area contributed by atoms with E-state index in [0.29, 0.717) is 5.03 Å². The second kappa shape index (κ2) is 2.97. The predicted octanol–water partition coefficient (Wildman–Crippen LogP) is 2.91. The van der Waals surface area contributed by atoms with E-state index in [-0.39, 0.29) is 5.75 Å². The fourth-order valence-corrected chi connectivity index (χ4v) is 0.942. The number of benzene rings is 1. The van der Waals surface area contributed by atoms with Gasteiger partial charge in [-0.3, -0.25) is 0 Å². The van der Waals surface area contributed by atoms with E-state index in [2.05, 4.69) is 6.58 Å². The van der Waals surface area contributed by atoms with Crippen molar-refractivity contribution in [2.75, 3.05) is 0 Å². The van der Waals surface area contributed by atoms with Crippen molar-refractivity contribution in [1.82, 2.24) is 0 Å². The third kappa shape index (κ3) is 1.75. The van der Waals surface area contributed by atoms with Gasteiger partial charge in [0.1, 0.15) is 5.75 Å². The summed E-state index contributed by atoms with van der Waals surface area (Å²) in [6.45, 7) is 5.40. The highest BCUT2D eigenvalue weighted by atomic mass is 35.5. The highest BCUT2D eigenvalue weighted by Gasteiger charge is 1.98. The zero-order chi connectivity index (χ0) is 8.43. The Morgan fingerprint density at radius 1 is 1.55 bits per heavy atom. The SMILES string of the molecule is C=C(Cl)c1ccc(O)c(C)c1. The van der Waals surface area contributed by atoms with Gasteiger partial charge in [-0.1, -0.05) is 18.2 Å². The van der Waals surface area contributed by atoms with Gasteiger partial charge in [0.25, 0.3) is 0 Å². The monoisotopic (exact) mass is 168 g/mol. The van der Waals surface area contributed by atoms with Gasteiger partial charge in [0.2, 0.25) is 0 Å². The number of phenolic OH excluding ortho intramolecular Hbond substituents is 1. The lowest BCUT2D eigenvalue weighted by Gasteiger charge is -2.00. The van der Waals surface area contributed by atoms with Gasteiger partial charge < -0.3 is 5.11 Å². The molecule has 0 bridgehead atoms. The van der Waals surface area contributed by atoms with Crippen LogP contribution < -0.4 is 0 Å². The van der Waals surface area contributed by atoms with E-state index in [1.165, 1.54) is 0 Å². The molecule has 0 saturated heterocycles. The Balaban J connectivity index is 3.15. The Bertz CT molecular complexity index is 292. The Morgan fingerprint density at radius 2 is 2.18 bits per heavy atom.